The van der Waals surface area contributed by atoms with Crippen LogP contribution in [0.1, 0.15) is 40.0 Å². The number of carboxylic acids is 7. The average molecular weight is 907 g/mol. The first-order valence-electron chi connectivity index (χ1n) is 17.1. The maximum Gasteiger partial charge on any atom is 0.327 e. The van der Waals surface area contributed by atoms with Crippen molar-refractivity contribution in [2.75, 3.05) is 59.5 Å². The highest BCUT2D eigenvalue weighted by Gasteiger charge is 2.26. The summed E-state index contributed by atoms with van der Waals surface area (Å²) in [5.41, 5.74) is -2.00. The first-order valence-corrected chi connectivity index (χ1v) is 17.1. The molecule has 0 aromatic rings. The quantitative estimate of drug-likeness (QED) is 0.0751. The SMILES string of the molecule is C=CC(=O)O.C=CC(=O)O.C=CC(=O)O.C=CC(=O)O.C=CC(=O)O.C=CC(=O)O.C=CC(=O)O.CCC(CO)(CO)CO.CCC(CO)(CO)CO.CCC(CO)(CO)CO. The van der Waals surface area contributed by atoms with E-state index in [4.69, 9.17) is 81.7 Å². The molecule has 0 rings (SSSR count). The number of hydrogen-bond donors (Lipinski definition) is 16. The molecule has 0 saturated carbocycles. The summed E-state index contributed by atoms with van der Waals surface area (Å²) in [5.74, 6) is -6.87. The molecule has 0 aliphatic rings. The van der Waals surface area contributed by atoms with Crippen LogP contribution in [0.3, 0.4) is 0 Å². The Morgan fingerprint density at radius 3 is 0.355 bits per heavy atom. The Morgan fingerprint density at radius 1 is 0.290 bits per heavy atom. The van der Waals surface area contributed by atoms with Crippen molar-refractivity contribution in [2.24, 2.45) is 16.2 Å². The van der Waals surface area contributed by atoms with Crippen molar-refractivity contribution < 1.29 is 115 Å². The van der Waals surface area contributed by atoms with Crippen molar-refractivity contribution in [2.45, 2.75) is 40.0 Å². The van der Waals surface area contributed by atoms with Gasteiger partial charge in [-0.2, -0.15) is 0 Å². The topological polar surface area (TPSA) is 443 Å². The number of aliphatic hydroxyl groups is 9. The number of carboxylic acid groups (broad SMARTS) is 7. The van der Waals surface area contributed by atoms with Gasteiger partial charge < -0.3 is 81.7 Å². The van der Waals surface area contributed by atoms with Gasteiger partial charge in [-0.1, -0.05) is 66.8 Å². The lowest BCUT2D eigenvalue weighted by atomic mass is 9.88. The molecule has 0 unspecified atom stereocenters. The van der Waals surface area contributed by atoms with Gasteiger partial charge in [-0.25, -0.2) is 33.6 Å². The van der Waals surface area contributed by atoms with Crippen molar-refractivity contribution in [3.8, 4) is 0 Å². The van der Waals surface area contributed by atoms with E-state index >= 15 is 0 Å². The molecule has 0 heterocycles. The van der Waals surface area contributed by atoms with E-state index < -0.39 is 58.0 Å². The molecule has 0 saturated heterocycles. The van der Waals surface area contributed by atoms with Crippen LogP contribution in [0.4, 0.5) is 0 Å². The Balaban J connectivity index is -0.0000000614. The highest BCUT2D eigenvalue weighted by Crippen LogP contribution is 2.19. The molecule has 0 fully saturated rings. The van der Waals surface area contributed by atoms with E-state index in [1.165, 1.54) is 0 Å². The lowest BCUT2D eigenvalue weighted by Gasteiger charge is -2.24. The van der Waals surface area contributed by atoms with Crippen molar-refractivity contribution in [3.63, 3.8) is 0 Å². The Kier molecular flexibility index (Phi) is 76.8. The van der Waals surface area contributed by atoms with Crippen molar-refractivity contribution in [1.82, 2.24) is 0 Å². The van der Waals surface area contributed by atoms with Crippen LogP contribution in [0, 0.1) is 16.2 Å². The molecule has 62 heavy (non-hydrogen) atoms. The third kappa shape index (κ3) is 78.4. The van der Waals surface area contributed by atoms with Crippen LogP contribution in [0.5, 0.6) is 0 Å². The third-order valence-corrected chi connectivity index (χ3v) is 6.49. The summed E-state index contributed by atoms with van der Waals surface area (Å²) in [4.78, 5) is 64.8. The third-order valence-electron chi connectivity index (χ3n) is 6.49. The van der Waals surface area contributed by atoms with E-state index in [0.717, 1.165) is 42.5 Å². The van der Waals surface area contributed by atoms with Crippen molar-refractivity contribution >= 4 is 41.8 Å². The second-order valence-corrected chi connectivity index (χ2v) is 10.8. The second-order valence-electron chi connectivity index (χ2n) is 10.8. The van der Waals surface area contributed by atoms with Crippen molar-refractivity contribution in [1.29, 1.82) is 0 Å². The summed E-state index contributed by atoms with van der Waals surface area (Å²) in [6, 6.07) is 0. The molecule has 0 bridgehead atoms. The molecule has 364 valence electrons. The molecule has 0 aliphatic heterocycles. The number of aliphatic carboxylic acids is 7. The van der Waals surface area contributed by atoms with Crippen LogP contribution in [-0.4, -0.2) is 183 Å². The summed E-state index contributed by atoms with van der Waals surface area (Å²) in [6.07, 6.45) is 7.61. The average Bonchev–Trinajstić information content (AvgIpc) is 3.28. The van der Waals surface area contributed by atoms with E-state index in [1.807, 2.05) is 20.8 Å². The minimum Gasteiger partial charge on any atom is -0.478 e. The monoisotopic (exact) mass is 906 g/mol. The zero-order valence-electron chi connectivity index (χ0n) is 35.5. The molecule has 0 atom stereocenters. The molecule has 0 aliphatic carbocycles. The first-order chi connectivity index (χ1) is 28.6. The molecule has 0 radical (unpaired) electrons. The molecule has 16 N–H and O–H groups in total. The Morgan fingerprint density at radius 2 is 0.355 bits per heavy atom. The van der Waals surface area contributed by atoms with Gasteiger partial charge in [0.25, 0.3) is 0 Å². The predicted octanol–water partition coefficient (Wildman–Crippen LogP) is -0.122. The second kappa shape index (κ2) is 59.4. The van der Waals surface area contributed by atoms with Gasteiger partial charge in [0.1, 0.15) is 0 Å². The Labute approximate surface area is 361 Å². The minimum absolute atomic E-state index is 0.156. The van der Waals surface area contributed by atoms with Gasteiger partial charge in [-0.15, -0.1) is 0 Å². The largest absolute Gasteiger partial charge is 0.478 e. The molecule has 0 aromatic carbocycles. The number of carbonyl (C=O) groups is 7. The van der Waals surface area contributed by atoms with Crippen molar-refractivity contribution in [3.05, 3.63) is 88.6 Å². The lowest BCUT2D eigenvalue weighted by molar-refractivity contribution is -0.132. The van der Waals surface area contributed by atoms with Gasteiger partial charge in [0.15, 0.2) is 0 Å². The summed E-state index contributed by atoms with van der Waals surface area (Å²) >= 11 is 0. The summed E-state index contributed by atoms with van der Waals surface area (Å²) < 4.78 is 0. The smallest absolute Gasteiger partial charge is 0.327 e. The highest BCUT2D eigenvalue weighted by atomic mass is 16.4. The molecular weight excluding hydrogens is 836 g/mol. The van der Waals surface area contributed by atoms with Crippen LogP contribution >= 0.6 is 0 Å². The summed E-state index contributed by atoms with van der Waals surface area (Å²) in [6.45, 7) is 24.8. The zero-order chi connectivity index (χ0) is 52.0. The maximum absolute atomic E-state index is 9.25. The van der Waals surface area contributed by atoms with E-state index in [2.05, 4.69) is 46.1 Å². The van der Waals surface area contributed by atoms with Gasteiger partial charge in [0.2, 0.25) is 0 Å². The molecule has 0 aromatic heterocycles. The van der Waals surface area contributed by atoms with Gasteiger partial charge in [-0.05, 0) is 19.3 Å². The standard InChI is InChI=1S/3C6H14O3.7C3H4O2/c3*1-2-6(3-7,4-8)5-9;7*1-2-3(4)5/h3*7-9H,2-5H2,1H3;7*2H,1H2,(H,4,5). The fourth-order valence-electron chi connectivity index (χ4n) is 1.46. The number of aliphatic hydroxyl groups excluding tert-OH is 9. The Hall–Kier alpha value is -5.89. The minimum atomic E-state index is -0.981. The number of hydrogen-bond acceptors (Lipinski definition) is 16. The molecule has 23 nitrogen and oxygen atoms in total. The van der Waals surface area contributed by atoms with E-state index in [-0.39, 0.29) is 59.5 Å². The van der Waals surface area contributed by atoms with Crippen LogP contribution in [0.2, 0.25) is 0 Å². The normalized spacial score (nSPS) is 8.84. The Bertz CT molecular complexity index is 938. The van der Waals surface area contributed by atoms with Crippen LogP contribution < -0.4 is 0 Å². The molecule has 0 amide bonds. The first kappa shape index (κ1) is 80.2. The van der Waals surface area contributed by atoms with Crippen LogP contribution in [-0.2, 0) is 33.6 Å². The van der Waals surface area contributed by atoms with Gasteiger partial charge in [0, 0.05) is 58.8 Å². The van der Waals surface area contributed by atoms with Gasteiger partial charge in [0.05, 0.1) is 59.5 Å². The summed E-state index contributed by atoms with van der Waals surface area (Å²) in [5, 5.41) is 131. The molecular formula is C39H70O23. The van der Waals surface area contributed by atoms with Crippen LogP contribution in [0.25, 0.3) is 0 Å². The van der Waals surface area contributed by atoms with E-state index in [0.29, 0.717) is 19.3 Å². The lowest BCUT2D eigenvalue weighted by Crippen LogP contribution is -2.32. The molecule has 0 spiro atoms. The summed E-state index contributed by atoms with van der Waals surface area (Å²) in [7, 11) is 0. The fourth-order valence-corrected chi connectivity index (χ4v) is 1.46. The molecule has 23 heteroatoms. The van der Waals surface area contributed by atoms with Gasteiger partial charge >= 0.3 is 41.8 Å². The number of rotatable bonds is 19. The fraction of sp³-hybridized carbons (Fsp3) is 0.462. The van der Waals surface area contributed by atoms with E-state index in [9.17, 15) is 33.6 Å². The van der Waals surface area contributed by atoms with Crippen LogP contribution in [0.15, 0.2) is 88.6 Å². The maximum atomic E-state index is 9.25. The van der Waals surface area contributed by atoms with E-state index in [1.54, 1.807) is 0 Å². The predicted molar refractivity (Wildman–Crippen MR) is 227 cm³/mol. The van der Waals surface area contributed by atoms with Gasteiger partial charge in [-0.3, -0.25) is 0 Å². The zero-order valence-corrected chi connectivity index (χ0v) is 35.5. The highest BCUT2D eigenvalue weighted by molar-refractivity contribution is 5.80.